The maximum Gasteiger partial charge on any atom is 0.344 e. The van der Waals surface area contributed by atoms with Crippen molar-refractivity contribution in [3.8, 4) is 22.6 Å². The van der Waals surface area contributed by atoms with Crippen LogP contribution in [0.2, 0.25) is 0 Å². The SMILES string of the molecule is Cc1ccc(-c2cc3cc4c(cc3oc2=O)OCCOCCOCCOCCO4)cc1. The normalized spacial score (nSPS) is 16.4. The Hall–Kier alpha value is -2.87. The number of ether oxygens (including phenoxy) is 5. The van der Waals surface area contributed by atoms with Crippen molar-refractivity contribution in [1.82, 2.24) is 0 Å². The average molecular weight is 426 g/mol. The highest BCUT2D eigenvalue weighted by Gasteiger charge is 2.14. The lowest BCUT2D eigenvalue weighted by Gasteiger charge is -2.14. The Labute approximate surface area is 180 Å². The highest BCUT2D eigenvalue weighted by Crippen LogP contribution is 2.33. The molecule has 4 rings (SSSR count). The fraction of sp³-hybridized carbons (Fsp3) is 0.375. The first kappa shape index (κ1) is 21.4. The van der Waals surface area contributed by atoms with Crippen LogP contribution in [0, 0.1) is 6.92 Å². The van der Waals surface area contributed by atoms with Gasteiger partial charge in [0.25, 0.3) is 0 Å². The van der Waals surface area contributed by atoms with E-state index in [1.54, 1.807) is 6.07 Å². The lowest BCUT2D eigenvalue weighted by Crippen LogP contribution is -2.13. The van der Waals surface area contributed by atoms with Crippen molar-refractivity contribution in [3.05, 3.63) is 58.4 Å². The van der Waals surface area contributed by atoms with Gasteiger partial charge in [0.15, 0.2) is 11.5 Å². The minimum Gasteiger partial charge on any atom is -0.487 e. The summed E-state index contributed by atoms with van der Waals surface area (Å²) in [4.78, 5) is 12.6. The van der Waals surface area contributed by atoms with E-state index in [0.29, 0.717) is 75.5 Å². The molecule has 164 valence electrons. The van der Waals surface area contributed by atoms with Gasteiger partial charge in [0.1, 0.15) is 18.8 Å². The Bertz CT molecular complexity index is 1060. The highest BCUT2D eigenvalue weighted by molar-refractivity contribution is 5.84. The molecule has 2 heterocycles. The lowest BCUT2D eigenvalue weighted by molar-refractivity contribution is 0.00708. The zero-order valence-corrected chi connectivity index (χ0v) is 17.6. The van der Waals surface area contributed by atoms with E-state index in [1.807, 2.05) is 43.3 Å². The van der Waals surface area contributed by atoms with Gasteiger partial charge in [-0.1, -0.05) is 29.8 Å². The number of rotatable bonds is 1. The first-order valence-corrected chi connectivity index (χ1v) is 10.4. The summed E-state index contributed by atoms with van der Waals surface area (Å²) in [6.07, 6.45) is 0. The molecule has 0 saturated carbocycles. The molecule has 0 atom stereocenters. The van der Waals surface area contributed by atoms with Crippen molar-refractivity contribution in [1.29, 1.82) is 0 Å². The molecular formula is C24H26O7. The second kappa shape index (κ2) is 10.4. The Morgan fingerprint density at radius 3 is 1.84 bits per heavy atom. The lowest BCUT2D eigenvalue weighted by atomic mass is 10.0. The third-order valence-corrected chi connectivity index (χ3v) is 4.88. The summed E-state index contributed by atoms with van der Waals surface area (Å²) in [5.74, 6) is 1.05. The molecule has 0 amide bonds. The molecule has 1 aliphatic rings. The van der Waals surface area contributed by atoms with Gasteiger partial charge < -0.3 is 28.1 Å². The minimum atomic E-state index is -0.397. The van der Waals surface area contributed by atoms with E-state index in [2.05, 4.69) is 0 Å². The second-order valence-corrected chi connectivity index (χ2v) is 7.18. The third kappa shape index (κ3) is 5.64. The summed E-state index contributed by atoms with van der Waals surface area (Å²) in [6, 6.07) is 13.1. The summed E-state index contributed by atoms with van der Waals surface area (Å²) >= 11 is 0. The fourth-order valence-corrected chi connectivity index (χ4v) is 3.25. The van der Waals surface area contributed by atoms with Crippen molar-refractivity contribution in [3.63, 3.8) is 0 Å². The number of fused-ring (bicyclic) bond motifs is 2. The maximum atomic E-state index is 12.6. The van der Waals surface area contributed by atoms with Gasteiger partial charge in [0.05, 0.1) is 45.2 Å². The van der Waals surface area contributed by atoms with E-state index in [0.717, 1.165) is 16.5 Å². The largest absolute Gasteiger partial charge is 0.487 e. The molecule has 0 bridgehead atoms. The molecule has 7 nitrogen and oxygen atoms in total. The van der Waals surface area contributed by atoms with Crippen LogP contribution in [0.15, 0.2) is 51.7 Å². The van der Waals surface area contributed by atoms with Gasteiger partial charge in [0, 0.05) is 11.5 Å². The van der Waals surface area contributed by atoms with Gasteiger partial charge in [-0.2, -0.15) is 0 Å². The molecule has 1 aliphatic heterocycles. The van der Waals surface area contributed by atoms with E-state index in [1.165, 1.54) is 0 Å². The number of aryl methyl sites for hydroxylation is 1. The Morgan fingerprint density at radius 2 is 1.23 bits per heavy atom. The highest BCUT2D eigenvalue weighted by atomic mass is 16.6. The predicted molar refractivity (Wildman–Crippen MR) is 116 cm³/mol. The molecule has 31 heavy (non-hydrogen) atoms. The molecule has 0 N–H and O–H groups in total. The van der Waals surface area contributed by atoms with Crippen molar-refractivity contribution >= 4 is 11.0 Å². The second-order valence-electron chi connectivity index (χ2n) is 7.18. The van der Waals surface area contributed by atoms with E-state index in [-0.39, 0.29) is 0 Å². The molecule has 0 spiro atoms. The van der Waals surface area contributed by atoms with E-state index in [4.69, 9.17) is 28.1 Å². The molecule has 1 aromatic heterocycles. The molecule has 0 saturated heterocycles. The van der Waals surface area contributed by atoms with Crippen LogP contribution in [0.25, 0.3) is 22.1 Å². The van der Waals surface area contributed by atoms with Crippen molar-refractivity contribution in [2.75, 3.05) is 52.9 Å². The van der Waals surface area contributed by atoms with E-state index in [9.17, 15) is 4.79 Å². The molecule has 0 fully saturated rings. The number of hydrogen-bond acceptors (Lipinski definition) is 7. The van der Waals surface area contributed by atoms with Crippen LogP contribution in [-0.4, -0.2) is 52.9 Å². The summed E-state index contributed by atoms with van der Waals surface area (Å²) in [6.45, 7) is 5.55. The topological polar surface area (TPSA) is 76.4 Å². The Morgan fingerprint density at radius 1 is 0.677 bits per heavy atom. The molecule has 0 aliphatic carbocycles. The van der Waals surface area contributed by atoms with Crippen LogP contribution in [0.1, 0.15) is 5.56 Å². The van der Waals surface area contributed by atoms with Gasteiger partial charge >= 0.3 is 5.63 Å². The van der Waals surface area contributed by atoms with Gasteiger partial charge in [0.2, 0.25) is 0 Å². The van der Waals surface area contributed by atoms with Crippen molar-refractivity contribution in [2.45, 2.75) is 6.92 Å². The van der Waals surface area contributed by atoms with Crippen LogP contribution in [-0.2, 0) is 14.2 Å². The first-order valence-electron chi connectivity index (χ1n) is 10.4. The smallest absolute Gasteiger partial charge is 0.344 e. The Kier molecular flexibility index (Phi) is 7.19. The number of hydrogen-bond donors (Lipinski definition) is 0. The summed E-state index contributed by atoms with van der Waals surface area (Å²) in [5.41, 5.74) is 2.47. The van der Waals surface area contributed by atoms with Crippen molar-refractivity contribution in [2.24, 2.45) is 0 Å². The monoisotopic (exact) mass is 426 g/mol. The Balaban J connectivity index is 1.64. The molecule has 3 aromatic rings. The summed E-state index contributed by atoms with van der Waals surface area (Å²) in [5, 5.41) is 0.751. The molecule has 7 heteroatoms. The fourth-order valence-electron chi connectivity index (χ4n) is 3.25. The number of benzene rings is 2. The summed E-state index contributed by atoms with van der Waals surface area (Å²) in [7, 11) is 0. The van der Waals surface area contributed by atoms with Gasteiger partial charge in [-0.3, -0.25) is 0 Å². The zero-order valence-electron chi connectivity index (χ0n) is 17.6. The van der Waals surface area contributed by atoms with E-state index >= 15 is 0 Å². The van der Waals surface area contributed by atoms with E-state index < -0.39 is 5.63 Å². The van der Waals surface area contributed by atoms with Gasteiger partial charge in [-0.25, -0.2) is 4.79 Å². The third-order valence-electron chi connectivity index (χ3n) is 4.88. The van der Waals surface area contributed by atoms with Crippen molar-refractivity contribution < 1.29 is 28.1 Å². The average Bonchev–Trinajstić information content (AvgIpc) is 2.78. The summed E-state index contributed by atoms with van der Waals surface area (Å²) < 4.78 is 33.8. The molecule has 2 aromatic carbocycles. The first-order chi connectivity index (χ1) is 15.2. The minimum absolute atomic E-state index is 0.337. The van der Waals surface area contributed by atoms with Gasteiger partial charge in [-0.15, -0.1) is 0 Å². The molecular weight excluding hydrogens is 400 g/mol. The van der Waals surface area contributed by atoms with Gasteiger partial charge in [-0.05, 0) is 24.6 Å². The molecule has 0 unspecified atom stereocenters. The quantitative estimate of drug-likeness (QED) is 0.551. The standard InChI is InChI=1S/C24H26O7/c1-17-2-4-18(5-3-17)20-14-19-15-22-23(16-21(19)31-24(20)25)30-13-11-28-9-7-26-6-8-27-10-12-29-22/h2-5,14-16H,6-13H2,1H3. The van der Waals surface area contributed by atoms with Crippen LogP contribution < -0.4 is 15.1 Å². The zero-order chi connectivity index (χ0) is 21.5. The van der Waals surface area contributed by atoms with Crippen LogP contribution in [0.3, 0.4) is 0 Å². The van der Waals surface area contributed by atoms with Crippen LogP contribution in [0.5, 0.6) is 11.5 Å². The molecule has 0 radical (unpaired) electrons. The van der Waals surface area contributed by atoms with Crippen LogP contribution >= 0.6 is 0 Å². The van der Waals surface area contributed by atoms with Crippen LogP contribution in [0.4, 0.5) is 0 Å². The predicted octanol–water partition coefficient (Wildman–Crippen LogP) is 3.59. The maximum absolute atomic E-state index is 12.6.